The SMILES string of the molecule is CC(N)CC1Cc2c(Cl)cccc2O1. The molecule has 1 aliphatic rings. The van der Waals surface area contributed by atoms with E-state index < -0.39 is 0 Å². The Morgan fingerprint density at radius 2 is 2.43 bits per heavy atom. The van der Waals surface area contributed by atoms with E-state index in [4.69, 9.17) is 22.1 Å². The molecular weight excluding hydrogens is 198 g/mol. The van der Waals surface area contributed by atoms with Crippen LogP contribution in [0.25, 0.3) is 0 Å². The number of rotatable bonds is 2. The van der Waals surface area contributed by atoms with Gasteiger partial charge < -0.3 is 10.5 Å². The van der Waals surface area contributed by atoms with Crippen LogP contribution in [0.2, 0.25) is 5.02 Å². The first-order valence-corrected chi connectivity index (χ1v) is 5.24. The molecular formula is C11H14ClNO. The van der Waals surface area contributed by atoms with Crippen LogP contribution in [0.4, 0.5) is 0 Å². The lowest BCUT2D eigenvalue weighted by Gasteiger charge is -2.12. The normalized spacial score (nSPS) is 21.5. The summed E-state index contributed by atoms with van der Waals surface area (Å²) >= 11 is 6.06. The minimum absolute atomic E-state index is 0.174. The molecule has 0 saturated heterocycles. The van der Waals surface area contributed by atoms with Gasteiger partial charge in [-0.05, 0) is 25.5 Å². The van der Waals surface area contributed by atoms with Crippen LogP contribution in [0, 0.1) is 0 Å². The topological polar surface area (TPSA) is 35.2 Å². The van der Waals surface area contributed by atoms with Gasteiger partial charge in [-0.15, -0.1) is 0 Å². The molecule has 76 valence electrons. The summed E-state index contributed by atoms with van der Waals surface area (Å²) in [5.74, 6) is 0.920. The highest BCUT2D eigenvalue weighted by Crippen LogP contribution is 2.35. The summed E-state index contributed by atoms with van der Waals surface area (Å²) in [6.07, 6.45) is 1.96. The van der Waals surface area contributed by atoms with Gasteiger partial charge in [0.1, 0.15) is 11.9 Å². The first-order valence-electron chi connectivity index (χ1n) is 4.86. The van der Waals surface area contributed by atoms with E-state index in [0.717, 1.165) is 29.2 Å². The van der Waals surface area contributed by atoms with E-state index in [1.165, 1.54) is 0 Å². The van der Waals surface area contributed by atoms with Gasteiger partial charge in [0.15, 0.2) is 0 Å². The van der Waals surface area contributed by atoms with Gasteiger partial charge in [-0.2, -0.15) is 0 Å². The molecule has 0 aliphatic carbocycles. The van der Waals surface area contributed by atoms with Crippen molar-refractivity contribution in [1.82, 2.24) is 0 Å². The Morgan fingerprint density at radius 3 is 3.07 bits per heavy atom. The standard InChI is InChI=1S/C11H14ClNO/c1-7(13)5-8-6-9-10(12)3-2-4-11(9)14-8/h2-4,7-8H,5-6,13H2,1H3. The Bertz CT molecular complexity index is 338. The lowest BCUT2D eigenvalue weighted by Crippen LogP contribution is -2.25. The van der Waals surface area contributed by atoms with Crippen LogP contribution in [0.1, 0.15) is 18.9 Å². The third-order valence-corrected chi connectivity index (χ3v) is 2.79. The molecule has 0 bridgehead atoms. The van der Waals surface area contributed by atoms with Crippen molar-refractivity contribution in [2.24, 2.45) is 5.73 Å². The largest absolute Gasteiger partial charge is 0.490 e. The number of nitrogens with two attached hydrogens (primary N) is 1. The number of benzene rings is 1. The van der Waals surface area contributed by atoms with Crippen molar-refractivity contribution in [3.05, 3.63) is 28.8 Å². The molecule has 0 saturated carbocycles. The Labute approximate surface area is 89.0 Å². The number of hydrogen-bond acceptors (Lipinski definition) is 2. The molecule has 2 N–H and O–H groups in total. The zero-order chi connectivity index (χ0) is 10.1. The average Bonchev–Trinajstić information content (AvgIpc) is 2.47. The van der Waals surface area contributed by atoms with E-state index in [1.54, 1.807) is 0 Å². The molecule has 0 aromatic heterocycles. The minimum Gasteiger partial charge on any atom is -0.490 e. The Kier molecular flexibility index (Phi) is 2.66. The van der Waals surface area contributed by atoms with E-state index >= 15 is 0 Å². The van der Waals surface area contributed by atoms with Crippen LogP contribution < -0.4 is 10.5 Å². The van der Waals surface area contributed by atoms with E-state index in [0.29, 0.717) is 0 Å². The van der Waals surface area contributed by atoms with Crippen molar-refractivity contribution >= 4 is 11.6 Å². The fraction of sp³-hybridized carbons (Fsp3) is 0.455. The molecule has 2 atom stereocenters. The van der Waals surface area contributed by atoms with Gasteiger partial charge in [0, 0.05) is 23.0 Å². The van der Waals surface area contributed by atoms with E-state index in [-0.39, 0.29) is 12.1 Å². The van der Waals surface area contributed by atoms with Gasteiger partial charge in [-0.3, -0.25) is 0 Å². The highest BCUT2D eigenvalue weighted by molar-refractivity contribution is 6.31. The van der Waals surface area contributed by atoms with Gasteiger partial charge in [0.2, 0.25) is 0 Å². The van der Waals surface area contributed by atoms with Crippen molar-refractivity contribution in [3.63, 3.8) is 0 Å². The molecule has 3 heteroatoms. The second-order valence-corrected chi connectivity index (χ2v) is 4.28. The third kappa shape index (κ3) is 1.86. The summed E-state index contributed by atoms with van der Waals surface area (Å²) in [7, 11) is 0. The van der Waals surface area contributed by atoms with Crippen molar-refractivity contribution in [3.8, 4) is 5.75 Å². The highest BCUT2D eigenvalue weighted by Gasteiger charge is 2.25. The second kappa shape index (κ2) is 3.79. The predicted octanol–water partition coefficient (Wildman–Crippen LogP) is 2.38. The summed E-state index contributed by atoms with van der Waals surface area (Å²) in [5, 5.41) is 0.801. The molecule has 1 heterocycles. The number of ether oxygens (including phenoxy) is 1. The van der Waals surface area contributed by atoms with Crippen LogP contribution in [0.3, 0.4) is 0 Å². The molecule has 0 fully saturated rings. The first kappa shape index (κ1) is 9.81. The summed E-state index contributed by atoms with van der Waals surface area (Å²) in [6, 6.07) is 5.95. The Hall–Kier alpha value is -0.730. The van der Waals surface area contributed by atoms with Crippen molar-refractivity contribution in [2.45, 2.75) is 31.9 Å². The maximum Gasteiger partial charge on any atom is 0.124 e. The fourth-order valence-electron chi connectivity index (χ4n) is 1.84. The van der Waals surface area contributed by atoms with Gasteiger partial charge in [0.05, 0.1) is 0 Å². The second-order valence-electron chi connectivity index (χ2n) is 3.87. The monoisotopic (exact) mass is 211 g/mol. The van der Waals surface area contributed by atoms with Crippen LogP contribution in [-0.2, 0) is 6.42 Å². The van der Waals surface area contributed by atoms with Gasteiger partial charge in [0.25, 0.3) is 0 Å². The molecule has 0 amide bonds. The lowest BCUT2D eigenvalue weighted by atomic mass is 10.1. The number of halogens is 1. The van der Waals surface area contributed by atoms with Crippen LogP contribution in [0.15, 0.2) is 18.2 Å². The quantitative estimate of drug-likeness (QED) is 0.815. The third-order valence-electron chi connectivity index (χ3n) is 2.44. The van der Waals surface area contributed by atoms with Crippen LogP contribution in [0.5, 0.6) is 5.75 Å². The summed E-state index contributed by atoms with van der Waals surface area (Å²) in [5.41, 5.74) is 6.86. The molecule has 1 aromatic carbocycles. The van der Waals surface area contributed by atoms with Crippen molar-refractivity contribution in [1.29, 1.82) is 0 Å². The van der Waals surface area contributed by atoms with Crippen LogP contribution >= 0.6 is 11.6 Å². The first-order chi connectivity index (χ1) is 6.66. The zero-order valence-electron chi connectivity index (χ0n) is 8.16. The molecule has 2 unspecified atom stereocenters. The van der Waals surface area contributed by atoms with Crippen molar-refractivity contribution < 1.29 is 4.74 Å². The Morgan fingerprint density at radius 1 is 1.64 bits per heavy atom. The zero-order valence-corrected chi connectivity index (χ0v) is 8.92. The summed E-state index contributed by atoms with van der Waals surface area (Å²) < 4.78 is 5.73. The number of hydrogen-bond donors (Lipinski definition) is 1. The fourth-order valence-corrected chi connectivity index (χ4v) is 2.09. The van der Waals surface area contributed by atoms with Gasteiger partial charge >= 0.3 is 0 Å². The maximum absolute atomic E-state index is 6.06. The van der Waals surface area contributed by atoms with E-state index in [1.807, 2.05) is 25.1 Å². The molecule has 0 spiro atoms. The van der Waals surface area contributed by atoms with Crippen molar-refractivity contribution in [2.75, 3.05) is 0 Å². The average molecular weight is 212 g/mol. The highest BCUT2D eigenvalue weighted by atomic mass is 35.5. The summed E-state index contributed by atoms with van der Waals surface area (Å²) in [4.78, 5) is 0. The summed E-state index contributed by atoms with van der Waals surface area (Å²) in [6.45, 7) is 1.99. The molecule has 0 radical (unpaired) electrons. The molecule has 14 heavy (non-hydrogen) atoms. The van der Waals surface area contributed by atoms with Crippen LogP contribution in [-0.4, -0.2) is 12.1 Å². The predicted molar refractivity (Wildman–Crippen MR) is 57.8 cm³/mol. The minimum atomic E-state index is 0.174. The molecule has 2 rings (SSSR count). The molecule has 1 aromatic rings. The smallest absolute Gasteiger partial charge is 0.124 e. The van der Waals surface area contributed by atoms with Gasteiger partial charge in [-0.1, -0.05) is 17.7 Å². The van der Waals surface area contributed by atoms with E-state index in [9.17, 15) is 0 Å². The van der Waals surface area contributed by atoms with Gasteiger partial charge in [-0.25, -0.2) is 0 Å². The number of fused-ring (bicyclic) bond motifs is 1. The molecule has 2 nitrogen and oxygen atoms in total. The lowest BCUT2D eigenvalue weighted by molar-refractivity contribution is 0.213. The van der Waals surface area contributed by atoms with E-state index in [2.05, 4.69) is 0 Å². The maximum atomic E-state index is 6.06. The Balaban J connectivity index is 2.14. The molecule has 1 aliphatic heterocycles.